The van der Waals surface area contributed by atoms with Gasteiger partial charge in [0.05, 0.1) is 25.8 Å². The fourth-order valence-electron chi connectivity index (χ4n) is 3.74. The highest BCUT2D eigenvalue weighted by atomic mass is 16.5. The smallest absolute Gasteiger partial charge is 0.240 e. The zero-order valence-electron chi connectivity index (χ0n) is 14.2. The lowest BCUT2D eigenvalue weighted by atomic mass is 10.0. The molecule has 3 rings (SSSR count). The average molecular weight is 323 g/mol. The molecule has 23 heavy (non-hydrogen) atoms. The maximum Gasteiger partial charge on any atom is 0.240 e. The maximum atomic E-state index is 12.8. The highest BCUT2D eigenvalue weighted by Crippen LogP contribution is 2.27. The summed E-state index contributed by atoms with van der Waals surface area (Å²) in [6.45, 7) is 6.69. The molecule has 2 amide bonds. The highest BCUT2D eigenvalue weighted by Gasteiger charge is 2.36. The molecular formula is C17H29N3O3. The first kappa shape index (κ1) is 16.7. The molecule has 0 aromatic heterocycles. The van der Waals surface area contributed by atoms with Crippen LogP contribution in [0.3, 0.4) is 0 Å². The molecule has 2 saturated heterocycles. The molecular weight excluding hydrogens is 294 g/mol. The topological polar surface area (TPSA) is 53.1 Å². The Bertz CT molecular complexity index is 433. The van der Waals surface area contributed by atoms with Gasteiger partial charge in [0, 0.05) is 25.7 Å². The minimum atomic E-state index is -0.122. The number of rotatable bonds is 5. The van der Waals surface area contributed by atoms with Gasteiger partial charge in [0.2, 0.25) is 11.8 Å². The molecule has 0 spiro atoms. The molecule has 1 atom stereocenters. The first-order chi connectivity index (χ1) is 11.2. The standard InChI is InChI=1S/C17H29N3O3/c1-2-20(14-6-7-14)16(21)13-19-8-4-3-5-15(19)17(22)18-9-11-23-12-10-18/h14-15H,2-13H2,1H3/t15-/m1/s1. The van der Waals surface area contributed by atoms with Crippen molar-refractivity contribution in [2.24, 2.45) is 0 Å². The van der Waals surface area contributed by atoms with Crippen LogP contribution in [0.25, 0.3) is 0 Å². The minimum absolute atomic E-state index is 0.122. The van der Waals surface area contributed by atoms with Crippen molar-refractivity contribution >= 4 is 11.8 Å². The monoisotopic (exact) mass is 323 g/mol. The van der Waals surface area contributed by atoms with E-state index in [2.05, 4.69) is 4.90 Å². The predicted octanol–water partition coefficient (Wildman–Crippen LogP) is 0.711. The van der Waals surface area contributed by atoms with Crippen LogP contribution in [0.1, 0.15) is 39.0 Å². The van der Waals surface area contributed by atoms with E-state index >= 15 is 0 Å². The quantitative estimate of drug-likeness (QED) is 0.748. The Morgan fingerprint density at radius 1 is 1.09 bits per heavy atom. The second kappa shape index (κ2) is 7.62. The highest BCUT2D eigenvalue weighted by molar-refractivity contribution is 5.84. The number of hydrogen-bond acceptors (Lipinski definition) is 4. The average Bonchev–Trinajstić information content (AvgIpc) is 3.41. The Hall–Kier alpha value is -1.14. The van der Waals surface area contributed by atoms with Crippen LogP contribution in [0.5, 0.6) is 0 Å². The first-order valence-electron chi connectivity index (χ1n) is 9.10. The van der Waals surface area contributed by atoms with Crippen LogP contribution in [0.15, 0.2) is 0 Å². The van der Waals surface area contributed by atoms with Crippen LogP contribution in [0.4, 0.5) is 0 Å². The van der Waals surface area contributed by atoms with Crippen molar-refractivity contribution in [3.05, 3.63) is 0 Å². The summed E-state index contributed by atoms with van der Waals surface area (Å²) in [4.78, 5) is 31.5. The molecule has 2 heterocycles. The zero-order chi connectivity index (χ0) is 16.2. The van der Waals surface area contributed by atoms with Gasteiger partial charge in [-0.05, 0) is 39.2 Å². The summed E-state index contributed by atoms with van der Waals surface area (Å²) in [6, 6.07) is 0.328. The number of likely N-dealkylation sites (N-methyl/N-ethyl adjacent to an activating group) is 1. The summed E-state index contributed by atoms with van der Waals surface area (Å²) in [5.74, 6) is 0.381. The van der Waals surface area contributed by atoms with E-state index in [1.54, 1.807) is 0 Å². The number of likely N-dealkylation sites (tertiary alicyclic amines) is 1. The predicted molar refractivity (Wildman–Crippen MR) is 87.0 cm³/mol. The number of amides is 2. The third-order valence-corrected chi connectivity index (χ3v) is 5.21. The van der Waals surface area contributed by atoms with Crippen LogP contribution >= 0.6 is 0 Å². The molecule has 0 bridgehead atoms. The SMILES string of the molecule is CCN(C(=O)CN1CCCC[C@@H]1C(=O)N1CCOCC1)C1CC1. The van der Waals surface area contributed by atoms with Gasteiger partial charge in [-0.1, -0.05) is 6.42 Å². The largest absolute Gasteiger partial charge is 0.378 e. The molecule has 130 valence electrons. The van der Waals surface area contributed by atoms with Crippen LogP contribution < -0.4 is 0 Å². The Labute approximate surface area is 138 Å². The summed E-state index contributed by atoms with van der Waals surface area (Å²) < 4.78 is 5.34. The Morgan fingerprint density at radius 2 is 1.83 bits per heavy atom. The van der Waals surface area contributed by atoms with E-state index in [1.807, 2.05) is 16.7 Å². The molecule has 0 radical (unpaired) electrons. The van der Waals surface area contributed by atoms with Gasteiger partial charge in [0.25, 0.3) is 0 Å². The Balaban J connectivity index is 1.61. The molecule has 1 aliphatic carbocycles. The summed E-state index contributed by atoms with van der Waals surface area (Å²) in [5, 5.41) is 0. The van der Waals surface area contributed by atoms with Crippen LogP contribution in [-0.4, -0.2) is 84.5 Å². The van der Waals surface area contributed by atoms with Crippen molar-refractivity contribution in [1.82, 2.24) is 14.7 Å². The number of carbonyl (C=O) groups is 2. The molecule has 6 nitrogen and oxygen atoms in total. The van der Waals surface area contributed by atoms with Gasteiger partial charge >= 0.3 is 0 Å². The fraction of sp³-hybridized carbons (Fsp3) is 0.882. The van der Waals surface area contributed by atoms with Crippen molar-refractivity contribution in [2.75, 3.05) is 45.9 Å². The molecule has 3 aliphatic rings. The normalized spacial score (nSPS) is 26.1. The van der Waals surface area contributed by atoms with E-state index in [0.29, 0.717) is 38.9 Å². The van der Waals surface area contributed by atoms with Gasteiger partial charge in [0.15, 0.2) is 0 Å². The number of morpholine rings is 1. The number of ether oxygens (including phenoxy) is 1. The maximum absolute atomic E-state index is 12.8. The summed E-state index contributed by atoms with van der Waals surface area (Å²) in [6.07, 6.45) is 5.30. The molecule has 6 heteroatoms. The lowest BCUT2D eigenvalue weighted by Crippen LogP contribution is -2.55. The van der Waals surface area contributed by atoms with Crippen molar-refractivity contribution in [1.29, 1.82) is 0 Å². The van der Waals surface area contributed by atoms with E-state index < -0.39 is 0 Å². The van der Waals surface area contributed by atoms with Gasteiger partial charge in [-0.3, -0.25) is 14.5 Å². The van der Waals surface area contributed by atoms with Crippen molar-refractivity contribution < 1.29 is 14.3 Å². The molecule has 0 aromatic carbocycles. The van der Waals surface area contributed by atoms with Crippen LogP contribution in [-0.2, 0) is 14.3 Å². The molecule has 1 saturated carbocycles. The summed E-state index contributed by atoms with van der Waals surface area (Å²) >= 11 is 0. The second-order valence-corrected chi connectivity index (χ2v) is 6.83. The number of nitrogens with zero attached hydrogens (tertiary/aromatic N) is 3. The molecule has 2 aliphatic heterocycles. The molecule has 0 N–H and O–H groups in total. The van der Waals surface area contributed by atoms with Crippen LogP contribution in [0, 0.1) is 0 Å². The van der Waals surface area contributed by atoms with E-state index in [0.717, 1.165) is 45.2 Å². The van der Waals surface area contributed by atoms with Gasteiger partial charge in [0.1, 0.15) is 0 Å². The second-order valence-electron chi connectivity index (χ2n) is 6.83. The van der Waals surface area contributed by atoms with Crippen molar-refractivity contribution in [3.8, 4) is 0 Å². The molecule has 0 unspecified atom stereocenters. The van der Waals surface area contributed by atoms with E-state index in [4.69, 9.17) is 4.74 Å². The number of hydrogen-bond donors (Lipinski definition) is 0. The van der Waals surface area contributed by atoms with Gasteiger partial charge in [-0.2, -0.15) is 0 Å². The summed E-state index contributed by atoms with van der Waals surface area (Å²) in [5.41, 5.74) is 0. The van der Waals surface area contributed by atoms with E-state index in [-0.39, 0.29) is 17.9 Å². The van der Waals surface area contributed by atoms with E-state index in [1.165, 1.54) is 0 Å². The third kappa shape index (κ3) is 4.04. The van der Waals surface area contributed by atoms with Gasteiger partial charge in [-0.15, -0.1) is 0 Å². The molecule has 3 fully saturated rings. The minimum Gasteiger partial charge on any atom is -0.378 e. The fourth-order valence-corrected chi connectivity index (χ4v) is 3.74. The Kier molecular flexibility index (Phi) is 5.54. The lowest BCUT2D eigenvalue weighted by molar-refractivity contribution is -0.144. The van der Waals surface area contributed by atoms with E-state index in [9.17, 15) is 9.59 Å². The zero-order valence-corrected chi connectivity index (χ0v) is 14.2. The van der Waals surface area contributed by atoms with Gasteiger partial charge < -0.3 is 14.5 Å². The number of carbonyl (C=O) groups excluding carboxylic acids is 2. The first-order valence-corrected chi connectivity index (χ1v) is 9.10. The summed E-state index contributed by atoms with van der Waals surface area (Å²) in [7, 11) is 0. The van der Waals surface area contributed by atoms with Crippen molar-refractivity contribution in [2.45, 2.75) is 51.1 Å². The lowest BCUT2D eigenvalue weighted by Gasteiger charge is -2.39. The molecule has 0 aromatic rings. The number of piperidine rings is 1. The third-order valence-electron chi connectivity index (χ3n) is 5.21. The van der Waals surface area contributed by atoms with Crippen molar-refractivity contribution in [3.63, 3.8) is 0 Å². The van der Waals surface area contributed by atoms with Gasteiger partial charge in [-0.25, -0.2) is 0 Å². The van der Waals surface area contributed by atoms with Crippen LogP contribution in [0.2, 0.25) is 0 Å². The Morgan fingerprint density at radius 3 is 2.48 bits per heavy atom.